The van der Waals surface area contributed by atoms with Crippen LogP contribution in [-0.2, 0) is 9.53 Å². The first kappa shape index (κ1) is 20.6. The van der Waals surface area contributed by atoms with Crippen LogP contribution in [0.1, 0.15) is 27.2 Å². The van der Waals surface area contributed by atoms with Gasteiger partial charge in [0.15, 0.2) is 0 Å². The zero-order valence-corrected chi connectivity index (χ0v) is 16.4. The minimum Gasteiger partial charge on any atom is -0.444 e. The molecule has 0 saturated heterocycles. The molecule has 0 bridgehead atoms. The first-order valence-corrected chi connectivity index (χ1v) is 8.99. The van der Waals surface area contributed by atoms with Crippen LogP contribution in [0.4, 0.5) is 21.9 Å². The lowest BCUT2D eigenvalue weighted by molar-refractivity contribution is -0.116. The maximum atomic E-state index is 12.2. The molecule has 2 aromatic carbocycles. The van der Waals surface area contributed by atoms with E-state index in [9.17, 15) is 9.59 Å². The molecule has 2 aromatic rings. The molecule has 0 fully saturated rings. The van der Waals surface area contributed by atoms with Crippen molar-refractivity contribution in [1.29, 1.82) is 0 Å². The predicted octanol–water partition coefficient (Wildman–Crippen LogP) is 4.94. The van der Waals surface area contributed by atoms with Gasteiger partial charge in [-0.2, -0.15) is 0 Å². The topological polar surface area (TPSA) is 79.5 Å². The van der Waals surface area contributed by atoms with Gasteiger partial charge in [-0.05, 0) is 51.1 Å². The Morgan fingerprint density at radius 2 is 1.74 bits per heavy atom. The second-order valence-corrected chi connectivity index (χ2v) is 7.34. The SMILES string of the molecule is CC(C)(C)OC(=O)NCCC(=O)Nc1ccc(Cl)cc1Nc1ccccc1. The van der Waals surface area contributed by atoms with Crippen molar-refractivity contribution in [3.63, 3.8) is 0 Å². The Hall–Kier alpha value is -2.73. The molecule has 0 unspecified atom stereocenters. The monoisotopic (exact) mass is 389 g/mol. The highest BCUT2D eigenvalue weighted by Gasteiger charge is 2.16. The lowest BCUT2D eigenvalue weighted by Gasteiger charge is -2.19. The second-order valence-electron chi connectivity index (χ2n) is 6.91. The quantitative estimate of drug-likeness (QED) is 0.654. The van der Waals surface area contributed by atoms with Crippen LogP contribution < -0.4 is 16.0 Å². The van der Waals surface area contributed by atoms with Crippen LogP contribution in [0, 0.1) is 0 Å². The van der Waals surface area contributed by atoms with Crippen LogP contribution in [0.15, 0.2) is 48.5 Å². The Balaban J connectivity index is 1.92. The maximum Gasteiger partial charge on any atom is 0.407 e. The van der Waals surface area contributed by atoms with Crippen molar-refractivity contribution in [3.05, 3.63) is 53.6 Å². The molecule has 0 aromatic heterocycles. The molecule has 0 radical (unpaired) electrons. The highest BCUT2D eigenvalue weighted by molar-refractivity contribution is 6.31. The number of para-hydroxylation sites is 1. The van der Waals surface area contributed by atoms with Gasteiger partial charge in [0.25, 0.3) is 0 Å². The molecule has 27 heavy (non-hydrogen) atoms. The largest absolute Gasteiger partial charge is 0.444 e. The molecule has 2 amide bonds. The normalized spacial score (nSPS) is 10.8. The van der Waals surface area contributed by atoms with Crippen LogP contribution in [0.5, 0.6) is 0 Å². The van der Waals surface area contributed by atoms with Crippen molar-refractivity contribution in [2.75, 3.05) is 17.2 Å². The molecule has 0 aliphatic heterocycles. The van der Waals surface area contributed by atoms with Crippen LogP contribution in [0.3, 0.4) is 0 Å². The summed E-state index contributed by atoms with van der Waals surface area (Å²) in [6, 6.07) is 14.7. The minimum atomic E-state index is -0.576. The number of anilines is 3. The van der Waals surface area contributed by atoms with Gasteiger partial charge in [-0.1, -0.05) is 29.8 Å². The number of nitrogens with one attached hydrogen (secondary N) is 3. The molecular weight excluding hydrogens is 366 g/mol. The summed E-state index contributed by atoms with van der Waals surface area (Å²) in [5.74, 6) is -0.232. The third kappa shape index (κ3) is 7.58. The van der Waals surface area contributed by atoms with E-state index >= 15 is 0 Å². The fourth-order valence-electron chi connectivity index (χ4n) is 2.21. The van der Waals surface area contributed by atoms with Crippen molar-refractivity contribution >= 4 is 40.7 Å². The zero-order valence-electron chi connectivity index (χ0n) is 15.6. The van der Waals surface area contributed by atoms with Gasteiger partial charge in [-0.3, -0.25) is 4.79 Å². The summed E-state index contributed by atoms with van der Waals surface area (Å²) < 4.78 is 5.13. The van der Waals surface area contributed by atoms with E-state index in [1.807, 2.05) is 30.3 Å². The van der Waals surface area contributed by atoms with Crippen molar-refractivity contribution in [1.82, 2.24) is 5.32 Å². The van der Waals surface area contributed by atoms with Crippen molar-refractivity contribution < 1.29 is 14.3 Å². The Morgan fingerprint density at radius 1 is 1.04 bits per heavy atom. The van der Waals surface area contributed by atoms with E-state index < -0.39 is 11.7 Å². The molecule has 144 valence electrons. The van der Waals surface area contributed by atoms with E-state index in [1.54, 1.807) is 39.0 Å². The van der Waals surface area contributed by atoms with E-state index in [2.05, 4.69) is 16.0 Å². The highest BCUT2D eigenvalue weighted by atomic mass is 35.5. The summed E-state index contributed by atoms with van der Waals surface area (Å²) in [7, 11) is 0. The summed E-state index contributed by atoms with van der Waals surface area (Å²) in [4.78, 5) is 23.8. The number of amides is 2. The minimum absolute atomic E-state index is 0.118. The summed E-state index contributed by atoms with van der Waals surface area (Å²) >= 11 is 6.08. The molecule has 7 heteroatoms. The van der Waals surface area contributed by atoms with E-state index in [4.69, 9.17) is 16.3 Å². The van der Waals surface area contributed by atoms with Gasteiger partial charge in [-0.15, -0.1) is 0 Å². The van der Waals surface area contributed by atoms with E-state index in [0.717, 1.165) is 5.69 Å². The van der Waals surface area contributed by atoms with E-state index in [1.165, 1.54) is 0 Å². The van der Waals surface area contributed by atoms with Crippen molar-refractivity contribution in [3.8, 4) is 0 Å². The van der Waals surface area contributed by atoms with Gasteiger partial charge in [0, 0.05) is 23.7 Å². The summed E-state index contributed by atoms with van der Waals surface area (Å²) in [6.45, 7) is 5.51. The fourth-order valence-corrected chi connectivity index (χ4v) is 2.38. The molecule has 0 heterocycles. The van der Waals surface area contributed by atoms with Crippen LogP contribution in [-0.4, -0.2) is 24.1 Å². The Morgan fingerprint density at radius 3 is 2.41 bits per heavy atom. The number of benzene rings is 2. The lowest BCUT2D eigenvalue weighted by Crippen LogP contribution is -2.34. The molecule has 0 spiro atoms. The third-order valence-electron chi connectivity index (χ3n) is 3.33. The standard InChI is InChI=1S/C20H24ClN3O3/c1-20(2,3)27-19(26)22-12-11-18(25)24-16-10-9-14(21)13-17(16)23-15-7-5-4-6-8-15/h4-10,13,23H,11-12H2,1-3H3,(H,22,26)(H,24,25). The molecule has 0 atom stereocenters. The van der Waals surface area contributed by atoms with Crippen LogP contribution >= 0.6 is 11.6 Å². The van der Waals surface area contributed by atoms with Gasteiger partial charge >= 0.3 is 6.09 Å². The van der Waals surface area contributed by atoms with Crippen molar-refractivity contribution in [2.24, 2.45) is 0 Å². The zero-order chi connectivity index (χ0) is 19.9. The van der Waals surface area contributed by atoms with E-state index in [0.29, 0.717) is 16.4 Å². The first-order valence-electron chi connectivity index (χ1n) is 8.61. The molecule has 0 aliphatic carbocycles. The van der Waals surface area contributed by atoms with Crippen LogP contribution in [0.2, 0.25) is 5.02 Å². The average Bonchev–Trinajstić information content (AvgIpc) is 2.56. The first-order chi connectivity index (χ1) is 12.7. The van der Waals surface area contributed by atoms with Gasteiger partial charge < -0.3 is 20.7 Å². The number of hydrogen-bond donors (Lipinski definition) is 3. The highest BCUT2D eigenvalue weighted by Crippen LogP contribution is 2.28. The smallest absolute Gasteiger partial charge is 0.407 e. The number of ether oxygens (including phenoxy) is 1. The molecule has 6 nitrogen and oxygen atoms in total. The number of alkyl carbamates (subject to hydrolysis) is 1. The summed E-state index contributed by atoms with van der Waals surface area (Å²) in [5, 5.41) is 9.17. The predicted molar refractivity (Wildman–Crippen MR) is 109 cm³/mol. The van der Waals surface area contributed by atoms with Gasteiger partial charge in [0.1, 0.15) is 5.60 Å². The molecule has 0 aliphatic rings. The van der Waals surface area contributed by atoms with Gasteiger partial charge in [-0.25, -0.2) is 4.79 Å². The molecule has 3 N–H and O–H groups in total. The average molecular weight is 390 g/mol. The van der Waals surface area contributed by atoms with Gasteiger partial charge in [0.2, 0.25) is 5.91 Å². The molecule has 0 saturated carbocycles. The maximum absolute atomic E-state index is 12.2. The van der Waals surface area contributed by atoms with Crippen molar-refractivity contribution in [2.45, 2.75) is 32.8 Å². The Labute approximate surface area is 164 Å². The number of rotatable bonds is 6. The summed E-state index contributed by atoms with van der Waals surface area (Å²) in [5.41, 5.74) is 1.59. The number of carbonyl (C=O) groups is 2. The van der Waals surface area contributed by atoms with Gasteiger partial charge in [0.05, 0.1) is 11.4 Å². The molecular formula is C20H24ClN3O3. The van der Waals surface area contributed by atoms with Crippen LogP contribution in [0.25, 0.3) is 0 Å². The number of carbonyl (C=O) groups excluding carboxylic acids is 2. The Kier molecular flexibility index (Phi) is 7.07. The summed E-state index contributed by atoms with van der Waals surface area (Å²) in [6.07, 6.45) is -0.430. The lowest BCUT2D eigenvalue weighted by atomic mass is 10.2. The van der Waals surface area contributed by atoms with E-state index in [-0.39, 0.29) is 18.9 Å². The Bertz CT molecular complexity index is 789. The number of hydrogen-bond acceptors (Lipinski definition) is 4. The fraction of sp³-hybridized carbons (Fsp3) is 0.300. The molecule has 2 rings (SSSR count). The number of halogens is 1. The second kappa shape index (κ2) is 9.28. The third-order valence-corrected chi connectivity index (χ3v) is 3.56.